The van der Waals surface area contributed by atoms with Crippen molar-refractivity contribution < 1.29 is 17.9 Å². The van der Waals surface area contributed by atoms with E-state index < -0.39 is 10.0 Å². The van der Waals surface area contributed by atoms with Gasteiger partial charge in [-0.1, -0.05) is 6.92 Å². The Bertz CT molecular complexity index is 703. The third kappa shape index (κ3) is 4.95. The van der Waals surface area contributed by atoms with Crippen molar-refractivity contribution in [3.63, 3.8) is 0 Å². The molecule has 1 aromatic rings. The van der Waals surface area contributed by atoms with Gasteiger partial charge in [-0.25, -0.2) is 12.7 Å². The van der Waals surface area contributed by atoms with E-state index in [-0.39, 0.29) is 11.7 Å². The van der Waals surface area contributed by atoms with Gasteiger partial charge >= 0.3 is 0 Å². The zero-order chi connectivity index (χ0) is 18.4. The Kier molecular flexibility index (Phi) is 6.84. The fraction of sp³-hybridized carbons (Fsp3) is 0.611. The fourth-order valence-corrected chi connectivity index (χ4v) is 4.59. The maximum Gasteiger partial charge on any atom is 0.253 e. The van der Waals surface area contributed by atoms with Crippen LogP contribution < -0.4 is 4.74 Å². The first kappa shape index (κ1) is 19.7. The highest BCUT2D eigenvalue weighted by Crippen LogP contribution is 2.21. The number of aryl methyl sites for hydroxylation is 1. The smallest absolute Gasteiger partial charge is 0.253 e. The van der Waals surface area contributed by atoms with Crippen LogP contribution in [-0.2, 0) is 10.0 Å². The summed E-state index contributed by atoms with van der Waals surface area (Å²) in [4.78, 5) is 14.5. The topological polar surface area (TPSA) is 66.9 Å². The van der Waals surface area contributed by atoms with Gasteiger partial charge in [0.05, 0.1) is 12.4 Å². The molecule has 140 valence electrons. The van der Waals surface area contributed by atoms with E-state index in [0.29, 0.717) is 51.2 Å². The van der Waals surface area contributed by atoms with Crippen LogP contribution in [0.2, 0.25) is 0 Å². The van der Waals surface area contributed by atoms with E-state index >= 15 is 0 Å². The van der Waals surface area contributed by atoms with Gasteiger partial charge in [-0.15, -0.1) is 0 Å². The van der Waals surface area contributed by atoms with Gasteiger partial charge in [-0.2, -0.15) is 0 Å². The number of hydrogen-bond donors (Lipinski definition) is 0. The molecule has 0 bridgehead atoms. The molecule has 1 fully saturated rings. The fourth-order valence-electron chi connectivity index (χ4n) is 3.04. The highest BCUT2D eigenvalue weighted by Gasteiger charge is 2.26. The summed E-state index contributed by atoms with van der Waals surface area (Å²) in [5, 5.41) is 0. The third-order valence-corrected chi connectivity index (χ3v) is 6.40. The second-order valence-electron chi connectivity index (χ2n) is 6.27. The highest BCUT2D eigenvalue weighted by molar-refractivity contribution is 7.89. The van der Waals surface area contributed by atoms with Crippen LogP contribution in [-0.4, -0.2) is 62.1 Å². The lowest BCUT2D eigenvalue weighted by Gasteiger charge is -2.22. The summed E-state index contributed by atoms with van der Waals surface area (Å²) in [5.74, 6) is 0.895. The van der Waals surface area contributed by atoms with Crippen LogP contribution >= 0.6 is 0 Å². The average molecular weight is 368 g/mol. The number of rotatable bonds is 6. The molecule has 25 heavy (non-hydrogen) atoms. The van der Waals surface area contributed by atoms with E-state index in [2.05, 4.69) is 0 Å². The molecule has 0 saturated carbocycles. The first-order valence-corrected chi connectivity index (χ1v) is 10.5. The molecular weight excluding hydrogens is 340 g/mol. The zero-order valence-corrected chi connectivity index (χ0v) is 16.1. The number of sulfonamides is 1. The lowest BCUT2D eigenvalue weighted by atomic mass is 10.1. The molecule has 1 heterocycles. The van der Waals surface area contributed by atoms with Crippen molar-refractivity contribution in [2.45, 2.75) is 33.6 Å². The molecule has 1 amide bonds. The van der Waals surface area contributed by atoms with Gasteiger partial charge in [0.15, 0.2) is 0 Å². The van der Waals surface area contributed by atoms with Crippen molar-refractivity contribution in [3.05, 3.63) is 29.3 Å². The second kappa shape index (κ2) is 8.67. The molecule has 0 aromatic heterocycles. The Morgan fingerprint density at radius 2 is 1.92 bits per heavy atom. The van der Waals surface area contributed by atoms with Crippen molar-refractivity contribution in [2.24, 2.45) is 0 Å². The number of carbonyl (C=O) groups excluding carboxylic acids is 1. The SMILES string of the molecule is CCCS(=O)(=O)N1CCCN(C(=O)c2ccc(OCC)c(C)c2)CC1. The normalized spacial score (nSPS) is 16.5. The van der Waals surface area contributed by atoms with Gasteiger partial charge in [-0.3, -0.25) is 4.79 Å². The largest absolute Gasteiger partial charge is 0.494 e. The average Bonchev–Trinajstić information content (AvgIpc) is 2.83. The Morgan fingerprint density at radius 3 is 2.56 bits per heavy atom. The van der Waals surface area contributed by atoms with E-state index in [0.717, 1.165) is 11.3 Å². The second-order valence-corrected chi connectivity index (χ2v) is 8.36. The van der Waals surface area contributed by atoms with Crippen LogP contribution in [0.15, 0.2) is 18.2 Å². The minimum Gasteiger partial charge on any atom is -0.494 e. The van der Waals surface area contributed by atoms with E-state index in [1.165, 1.54) is 4.31 Å². The van der Waals surface area contributed by atoms with Gasteiger partial charge in [-0.05, 0) is 50.5 Å². The van der Waals surface area contributed by atoms with Crippen LogP contribution in [0.3, 0.4) is 0 Å². The summed E-state index contributed by atoms with van der Waals surface area (Å²) in [6.45, 7) is 8.13. The molecular formula is C18H28N2O4S. The van der Waals surface area contributed by atoms with Crippen molar-refractivity contribution in [2.75, 3.05) is 38.5 Å². The number of ether oxygens (including phenoxy) is 1. The summed E-state index contributed by atoms with van der Waals surface area (Å²) in [7, 11) is -3.21. The molecule has 1 aromatic carbocycles. The molecule has 0 N–H and O–H groups in total. The van der Waals surface area contributed by atoms with Gasteiger partial charge in [0.2, 0.25) is 10.0 Å². The van der Waals surface area contributed by atoms with Gasteiger partial charge in [0, 0.05) is 31.7 Å². The molecule has 6 nitrogen and oxygen atoms in total. The molecule has 2 rings (SSSR count). The number of amides is 1. The van der Waals surface area contributed by atoms with Crippen LogP contribution in [0.5, 0.6) is 5.75 Å². The van der Waals surface area contributed by atoms with Crippen molar-refractivity contribution in [1.82, 2.24) is 9.21 Å². The Hall–Kier alpha value is -1.60. The van der Waals surface area contributed by atoms with E-state index in [1.54, 1.807) is 11.0 Å². The van der Waals surface area contributed by atoms with Crippen LogP contribution in [0.25, 0.3) is 0 Å². The van der Waals surface area contributed by atoms with Crippen LogP contribution in [0, 0.1) is 6.92 Å². The Morgan fingerprint density at radius 1 is 1.16 bits per heavy atom. The van der Waals surface area contributed by atoms with Gasteiger partial charge in [0.1, 0.15) is 5.75 Å². The van der Waals surface area contributed by atoms with E-state index in [9.17, 15) is 13.2 Å². The third-order valence-electron chi connectivity index (χ3n) is 4.32. The molecule has 1 aliphatic heterocycles. The Balaban J connectivity index is 2.07. The van der Waals surface area contributed by atoms with Gasteiger partial charge in [0.25, 0.3) is 5.91 Å². The monoisotopic (exact) mass is 368 g/mol. The maximum atomic E-state index is 12.8. The molecule has 0 radical (unpaired) electrons. The summed E-state index contributed by atoms with van der Waals surface area (Å²) >= 11 is 0. The predicted molar refractivity (Wildman–Crippen MR) is 98.5 cm³/mol. The summed E-state index contributed by atoms with van der Waals surface area (Å²) in [6.07, 6.45) is 1.26. The minimum atomic E-state index is -3.21. The highest BCUT2D eigenvalue weighted by atomic mass is 32.2. The van der Waals surface area contributed by atoms with Crippen molar-refractivity contribution in [3.8, 4) is 5.75 Å². The standard InChI is InChI=1S/C18H28N2O4S/c1-4-13-25(22,23)20-10-6-9-19(11-12-20)18(21)16-7-8-17(24-5-2)15(3)14-16/h7-8,14H,4-6,9-13H2,1-3H3. The predicted octanol–water partition coefficient (Wildman–Crippen LogP) is 2.28. The summed E-state index contributed by atoms with van der Waals surface area (Å²) in [6, 6.07) is 5.43. The van der Waals surface area contributed by atoms with E-state index in [1.807, 2.05) is 32.9 Å². The summed E-state index contributed by atoms with van der Waals surface area (Å²) < 4.78 is 31.5. The zero-order valence-electron chi connectivity index (χ0n) is 15.3. The van der Waals surface area contributed by atoms with E-state index in [4.69, 9.17) is 4.74 Å². The van der Waals surface area contributed by atoms with Crippen LogP contribution in [0.4, 0.5) is 0 Å². The molecule has 7 heteroatoms. The molecule has 0 unspecified atom stereocenters. The molecule has 0 spiro atoms. The lowest BCUT2D eigenvalue weighted by Crippen LogP contribution is -2.38. The first-order valence-electron chi connectivity index (χ1n) is 8.89. The molecule has 0 atom stereocenters. The maximum absolute atomic E-state index is 12.8. The molecule has 1 saturated heterocycles. The molecule has 0 aliphatic carbocycles. The summed E-state index contributed by atoms with van der Waals surface area (Å²) in [5.41, 5.74) is 1.54. The first-order chi connectivity index (χ1) is 11.9. The van der Waals surface area contributed by atoms with Crippen molar-refractivity contribution >= 4 is 15.9 Å². The lowest BCUT2D eigenvalue weighted by molar-refractivity contribution is 0.0764. The van der Waals surface area contributed by atoms with Gasteiger partial charge < -0.3 is 9.64 Å². The minimum absolute atomic E-state index is 0.0547. The molecule has 1 aliphatic rings. The number of carbonyl (C=O) groups is 1. The number of benzene rings is 1. The number of hydrogen-bond acceptors (Lipinski definition) is 4. The van der Waals surface area contributed by atoms with Crippen LogP contribution in [0.1, 0.15) is 42.6 Å². The number of nitrogens with zero attached hydrogens (tertiary/aromatic N) is 2. The quantitative estimate of drug-likeness (QED) is 0.773. The van der Waals surface area contributed by atoms with Crippen molar-refractivity contribution in [1.29, 1.82) is 0 Å². The Labute approximate surface area is 150 Å².